The summed E-state index contributed by atoms with van der Waals surface area (Å²) in [5.74, 6) is 0.0149. The van der Waals surface area contributed by atoms with E-state index in [1.165, 1.54) is 24.3 Å². The molecule has 2 nitrogen and oxygen atoms in total. The van der Waals surface area contributed by atoms with Crippen molar-refractivity contribution in [1.29, 1.82) is 0 Å². The molecule has 0 bridgehead atoms. The Kier molecular flexibility index (Phi) is 4.10. The van der Waals surface area contributed by atoms with Crippen LogP contribution in [-0.2, 0) is 0 Å². The van der Waals surface area contributed by atoms with Gasteiger partial charge in [0.15, 0.2) is 12.4 Å². The van der Waals surface area contributed by atoms with Crippen molar-refractivity contribution < 1.29 is 13.9 Å². The van der Waals surface area contributed by atoms with Gasteiger partial charge in [-0.2, -0.15) is 0 Å². The van der Waals surface area contributed by atoms with Gasteiger partial charge in [0.25, 0.3) is 0 Å². The Bertz CT molecular complexity index is 552. The van der Waals surface area contributed by atoms with Gasteiger partial charge < -0.3 is 4.74 Å². The van der Waals surface area contributed by atoms with E-state index in [4.69, 9.17) is 4.74 Å². The van der Waals surface area contributed by atoms with Crippen LogP contribution < -0.4 is 4.74 Å². The van der Waals surface area contributed by atoms with Gasteiger partial charge in [-0.15, -0.1) is 0 Å². The largest absolute Gasteiger partial charge is 0.485 e. The molecule has 0 unspecified atom stereocenters. The first-order valence-electron chi connectivity index (χ1n) is 5.32. The number of ether oxygens (including phenoxy) is 1. The third-order valence-electron chi connectivity index (χ3n) is 2.33. The van der Waals surface area contributed by atoms with Crippen LogP contribution in [0, 0.1) is 5.82 Å². The maximum absolute atomic E-state index is 12.7. The molecule has 0 atom stereocenters. The number of halogens is 2. The Hall–Kier alpha value is -1.68. The molecule has 0 aromatic heterocycles. The Morgan fingerprint density at radius 3 is 2.56 bits per heavy atom. The van der Waals surface area contributed by atoms with Crippen molar-refractivity contribution in [3.8, 4) is 5.75 Å². The minimum Gasteiger partial charge on any atom is -0.485 e. The number of hydrogen-bond acceptors (Lipinski definition) is 2. The average Bonchev–Trinajstić information content (AvgIpc) is 2.38. The first-order chi connectivity index (χ1) is 8.65. The lowest BCUT2D eigenvalue weighted by atomic mass is 10.1. The molecule has 2 aromatic rings. The summed E-state index contributed by atoms with van der Waals surface area (Å²) in [6.07, 6.45) is 0. The van der Waals surface area contributed by atoms with Crippen LogP contribution in [0.3, 0.4) is 0 Å². The lowest BCUT2D eigenvalue weighted by Gasteiger charge is -2.05. The Morgan fingerprint density at radius 1 is 1.17 bits per heavy atom. The second kappa shape index (κ2) is 5.78. The number of benzene rings is 2. The van der Waals surface area contributed by atoms with Gasteiger partial charge >= 0.3 is 0 Å². The van der Waals surface area contributed by atoms with Crippen molar-refractivity contribution in [3.05, 3.63) is 64.4 Å². The lowest BCUT2D eigenvalue weighted by Crippen LogP contribution is -2.11. The van der Waals surface area contributed by atoms with E-state index < -0.39 is 0 Å². The molecule has 18 heavy (non-hydrogen) atoms. The van der Waals surface area contributed by atoms with Crippen LogP contribution in [0.5, 0.6) is 5.75 Å². The highest BCUT2D eigenvalue weighted by molar-refractivity contribution is 9.10. The van der Waals surface area contributed by atoms with Crippen molar-refractivity contribution in [2.45, 2.75) is 0 Å². The first kappa shape index (κ1) is 12.8. The third kappa shape index (κ3) is 3.40. The molecule has 0 saturated carbocycles. The minimum atomic E-state index is -0.333. The van der Waals surface area contributed by atoms with E-state index in [1.54, 1.807) is 18.2 Å². The van der Waals surface area contributed by atoms with Gasteiger partial charge in [0.05, 0.1) is 0 Å². The smallest absolute Gasteiger partial charge is 0.200 e. The molecule has 0 spiro atoms. The molecule has 0 saturated heterocycles. The SMILES string of the molecule is O=C(COc1ccc(F)cc1)c1cccc(Br)c1. The van der Waals surface area contributed by atoms with E-state index in [2.05, 4.69) is 15.9 Å². The summed E-state index contributed by atoms with van der Waals surface area (Å²) in [6.45, 7) is -0.0674. The zero-order chi connectivity index (χ0) is 13.0. The van der Waals surface area contributed by atoms with Crippen LogP contribution in [0.25, 0.3) is 0 Å². The molecular formula is C14H10BrFO2. The normalized spacial score (nSPS) is 10.1. The van der Waals surface area contributed by atoms with Gasteiger partial charge in [-0.25, -0.2) is 4.39 Å². The zero-order valence-electron chi connectivity index (χ0n) is 9.40. The predicted molar refractivity (Wildman–Crippen MR) is 70.4 cm³/mol. The van der Waals surface area contributed by atoms with E-state index in [0.717, 1.165) is 4.47 Å². The summed E-state index contributed by atoms with van der Waals surface area (Å²) in [6, 6.07) is 12.6. The molecule has 0 aliphatic heterocycles. The number of rotatable bonds is 4. The van der Waals surface area contributed by atoms with Crippen LogP contribution in [-0.4, -0.2) is 12.4 Å². The van der Waals surface area contributed by atoms with Crippen LogP contribution in [0.2, 0.25) is 0 Å². The second-order valence-electron chi connectivity index (χ2n) is 3.68. The minimum absolute atomic E-state index is 0.0674. The molecule has 0 fully saturated rings. The van der Waals surface area contributed by atoms with Crippen LogP contribution in [0.4, 0.5) is 4.39 Å². The summed E-state index contributed by atoms with van der Waals surface area (Å²) in [5, 5.41) is 0. The first-order valence-corrected chi connectivity index (χ1v) is 6.11. The van der Waals surface area contributed by atoms with Crippen molar-refractivity contribution in [2.24, 2.45) is 0 Å². The molecule has 0 aliphatic rings. The third-order valence-corrected chi connectivity index (χ3v) is 2.82. The number of Topliss-reactive ketones (excluding diaryl/α,β-unsaturated/α-hetero) is 1. The predicted octanol–water partition coefficient (Wildman–Crippen LogP) is 3.85. The van der Waals surface area contributed by atoms with E-state index >= 15 is 0 Å². The highest BCUT2D eigenvalue weighted by Crippen LogP contribution is 2.14. The van der Waals surface area contributed by atoms with Crippen molar-refractivity contribution in [1.82, 2.24) is 0 Å². The van der Waals surface area contributed by atoms with E-state index in [0.29, 0.717) is 11.3 Å². The summed E-state index contributed by atoms with van der Waals surface area (Å²) in [4.78, 5) is 11.8. The number of hydrogen-bond donors (Lipinski definition) is 0. The van der Waals surface area contributed by atoms with Crippen molar-refractivity contribution in [2.75, 3.05) is 6.61 Å². The fourth-order valence-corrected chi connectivity index (χ4v) is 1.82. The molecular weight excluding hydrogens is 299 g/mol. The summed E-state index contributed by atoms with van der Waals surface area (Å²) < 4.78 is 18.8. The van der Waals surface area contributed by atoms with Crippen LogP contribution >= 0.6 is 15.9 Å². The highest BCUT2D eigenvalue weighted by Gasteiger charge is 2.07. The van der Waals surface area contributed by atoms with Crippen LogP contribution in [0.1, 0.15) is 10.4 Å². The maximum atomic E-state index is 12.7. The fraction of sp³-hybridized carbons (Fsp3) is 0.0714. The fourth-order valence-electron chi connectivity index (χ4n) is 1.42. The lowest BCUT2D eigenvalue weighted by molar-refractivity contribution is 0.0921. The maximum Gasteiger partial charge on any atom is 0.200 e. The average molecular weight is 309 g/mol. The van der Waals surface area contributed by atoms with E-state index in [1.807, 2.05) is 6.07 Å². The molecule has 2 rings (SSSR count). The topological polar surface area (TPSA) is 26.3 Å². The molecule has 0 amide bonds. The highest BCUT2D eigenvalue weighted by atomic mass is 79.9. The summed E-state index contributed by atoms with van der Waals surface area (Å²) >= 11 is 3.30. The number of carbonyl (C=O) groups excluding carboxylic acids is 1. The Morgan fingerprint density at radius 2 is 1.89 bits per heavy atom. The van der Waals surface area contributed by atoms with Crippen molar-refractivity contribution in [3.63, 3.8) is 0 Å². The zero-order valence-corrected chi connectivity index (χ0v) is 11.0. The molecule has 4 heteroatoms. The van der Waals surface area contributed by atoms with Crippen molar-refractivity contribution >= 4 is 21.7 Å². The molecule has 0 N–H and O–H groups in total. The summed E-state index contributed by atoms with van der Waals surface area (Å²) in [5.41, 5.74) is 0.575. The molecule has 0 aliphatic carbocycles. The Balaban J connectivity index is 1.98. The van der Waals surface area contributed by atoms with E-state index in [-0.39, 0.29) is 18.2 Å². The van der Waals surface area contributed by atoms with Gasteiger partial charge in [-0.3, -0.25) is 4.79 Å². The van der Waals surface area contributed by atoms with Crippen LogP contribution in [0.15, 0.2) is 53.0 Å². The van der Waals surface area contributed by atoms with E-state index in [9.17, 15) is 9.18 Å². The summed E-state index contributed by atoms with van der Waals surface area (Å²) in [7, 11) is 0. The monoisotopic (exact) mass is 308 g/mol. The second-order valence-corrected chi connectivity index (χ2v) is 4.59. The number of carbonyl (C=O) groups is 1. The van der Waals surface area contributed by atoms with Gasteiger partial charge in [0.2, 0.25) is 0 Å². The molecule has 0 radical (unpaired) electrons. The quantitative estimate of drug-likeness (QED) is 0.802. The molecule has 92 valence electrons. The van der Waals surface area contributed by atoms with Gasteiger partial charge in [0.1, 0.15) is 11.6 Å². The van der Waals surface area contributed by atoms with Gasteiger partial charge in [-0.1, -0.05) is 28.1 Å². The Labute approximate surface area is 113 Å². The van der Waals surface area contributed by atoms with Gasteiger partial charge in [0, 0.05) is 10.0 Å². The standard InChI is InChI=1S/C14H10BrFO2/c15-11-3-1-2-10(8-11)14(17)9-18-13-6-4-12(16)5-7-13/h1-8H,9H2. The number of ketones is 1. The molecule has 2 aromatic carbocycles. The van der Waals surface area contributed by atoms with Gasteiger partial charge in [-0.05, 0) is 36.4 Å². The molecule has 0 heterocycles.